The van der Waals surface area contributed by atoms with Crippen molar-refractivity contribution in [3.8, 4) is 0 Å². The molecular formula is C4H8F2O2. The van der Waals surface area contributed by atoms with Gasteiger partial charge in [0.15, 0.2) is 6.86 Å². The smallest absolute Gasteiger partial charge is 0.191 e. The maximum Gasteiger partial charge on any atom is 0.191 e. The van der Waals surface area contributed by atoms with Gasteiger partial charge in [-0.2, -0.15) is 0 Å². The van der Waals surface area contributed by atoms with Gasteiger partial charge in [-0.15, -0.1) is 0 Å². The molecule has 0 radical (unpaired) electrons. The molecule has 0 amide bonds. The van der Waals surface area contributed by atoms with Crippen molar-refractivity contribution in [3.05, 3.63) is 0 Å². The summed E-state index contributed by atoms with van der Waals surface area (Å²) in [5.41, 5.74) is 0. The van der Waals surface area contributed by atoms with Gasteiger partial charge >= 0.3 is 0 Å². The van der Waals surface area contributed by atoms with Crippen LogP contribution in [0.2, 0.25) is 0 Å². The third-order valence-corrected chi connectivity index (χ3v) is 0.465. The van der Waals surface area contributed by atoms with Crippen molar-refractivity contribution in [1.29, 1.82) is 0 Å². The molecule has 0 aliphatic heterocycles. The predicted molar refractivity (Wildman–Crippen MR) is 23.9 cm³/mol. The molecule has 0 N–H and O–H groups in total. The average Bonchev–Trinajstić information content (AvgIpc) is 1.81. The SMILES string of the molecule is FCCOCOCF. The molecule has 4 heteroatoms. The Bertz CT molecular complexity index is 37.0. The van der Waals surface area contributed by atoms with Crippen LogP contribution in [0.3, 0.4) is 0 Å². The number of halogens is 2. The van der Waals surface area contributed by atoms with E-state index >= 15 is 0 Å². The van der Waals surface area contributed by atoms with E-state index in [0.717, 1.165) is 0 Å². The minimum absolute atomic E-state index is 0.0278. The van der Waals surface area contributed by atoms with Crippen LogP contribution in [0.25, 0.3) is 0 Å². The minimum atomic E-state index is -0.883. The van der Waals surface area contributed by atoms with Gasteiger partial charge in [0.05, 0.1) is 6.61 Å². The van der Waals surface area contributed by atoms with E-state index in [-0.39, 0.29) is 13.4 Å². The first-order valence-corrected chi connectivity index (χ1v) is 2.19. The van der Waals surface area contributed by atoms with Crippen LogP contribution in [-0.4, -0.2) is 26.9 Å². The van der Waals surface area contributed by atoms with Crippen LogP contribution < -0.4 is 0 Å². The highest BCUT2D eigenvalue weighted by molar-refractivity contribution is 4.17. The Balaban J connectivity index is 2.53. The average molecular weight is 126 g/mol. The lowest BCUT2D eigenvalue weighted by Gasteiger charge is -1.97. The molecule has 0 heterocycles. The molecule has 0 saturated heterocycles. The summed E-state index contributed by atoms with van der Waals surface area (Å²) in [5, 5.41) is 0. The Labute approximate surface area is 46.4 Å². The first-order chi connectivity index (χ1) is 3.91. The van der Waals surface area contributed by atoms with E-state index in [9.17, 15) is 8.78 Å². The van der Waals surface area contributed by atoms with Crippen molar-refractivity contribution < 1.29 is 18.3 Å². The largest absolute Gasteiger partial charge is 0.353 e. The highest BCUT2D eigenvalue weighted by Gasteiger charge is 1.83. The molecule has 0 unspecified atom stereocenters. The van der Waals surface area contributed by atoms with Crippen LogP contribution >= 0.6 is 0 Å². The molecule has 0 aliphatic rings. The van der Waals surface area contributed by atoms with Gasteiger partial charge in [-0.25, -0.2) is 8.78 Å². The van der Waals surface area contributed by atoms with Crippen LogP contribution in [0, 0.1) is 0 Å². The van der Waals surface area contributed by atoms with Gasteiger partial charge in [0.2, 0.25) is 0 Å². The second kappa shape index (κ2) is 6.78. The van der Waals surface area contributed by atoms with Gasteiger partial charge in [-0.3, -0.25) is 0 Å². The molecule has 8 heavy (non-hydrogen) atoms. The van der Waals surface area contributed by atoms with Crippen LogP contribution in [0.15, 0.2) is 0 Å². The fraction of sp³-hybridized carbons (Fsp3) is 1.00. The van der Waals surface area contributed by atoms with Crippen molar-refractivity contribution >= 4 is 0 Å². The molecule has 0 aromatic rings. The highest BCUT2D eigenvalue weighted by Crippen LogP contribution is 1.78. The molecule has 0 aromatic heterocycles. The summed E-state index contributed by atoms with van der Waals surface area (Å²) in [6.07, 6.45) is 0. The van der Waals surface area contributed by atoms with Crippen molar-refractivity contribution in [1.82, 2.24) is 0 Å². The Kier molecular flexibility index (Phi) is 6.59. The quantitative estimate of drug-likeness (QED) is 0.402. The van der Waals surface area contributed by atoms with E-state index in [1.807, 2.05) is 0 Å². The van der Waals surface area contributed by atoms with Crippen LogP contribution in [0.1, 0.15) is 0 Å². The minimum Gasteiger partial charge on any atom is -0.353 e. The predicted octanol–water partition coefficient (Wildman–Crippen LogP) is 0.874. The van der Waals surface area contributed by atoms with Crippen molar-refractivity contribution in [2.45, 2.75) is 0 Å². The monoisotopic (exact) mass is 126 g/mol. The summed E-state index contributed by atoms with van der Waals surface area (Å²) in [5.74, 6) is 0. The standard InChI is InChI=1S/C4H8F2O2/c5-1-2-7-4-8-3-6/h1-4H2. The van der Waals surface area contributed by atoms with Crippen molar-refractivity contribution in [3.63, 3.8) is 0 Å². The Hall–Kier alpha value is -0.220. The summed E-state index contributed by atoms with van der Waals surface area (Å²) in [6.45, 7) is -1.64. The second-order valence-electron chi connectivity index (χ2n) is 1.03. The van der Waals surface area contributed by atoms with E-state index in [4.69, 9.17) is 0 Å². The van der Waals surface area contributed by atoms with Crippen molar-refractivity contribution in [2.24, 2.45) is 0 Å². The summed E-state index contributed by atoms with van der Waals surface area (Å²) in [4.78, 5) is 0. The lowest BCUT2D eigenvalue weighted by molar-refractivity contribution is -0.0844. The second-order valence-corrected chi connectivity index (χ2v) is 1.03. The third-order valence-electron chi connectivity index (χ3n) is 0.465. The molecule has 0 saturated carbocycles. The Morgan fingerprint density at radius 3 is 2.38 bits per heavy atom. The maximum absolute atomic E-state index is 11.1. The van der Waals surface area contributed by atoms with Gasteiger partial charge in [-0.05, 0) is 0 Å². The highest BCUT2D eigenvalue weighted by atomic mass is 19.1. The normalized spacial score (nSPS) is 9.75. The molecular weight excluding hydrogens is 118 g/mol. The molecule has 0 fully saturated rings. The lowest BCUT2D eigenvalue weighted by Crippen LogP contribution is -2.01. The van der Waals surface area contributed by atoms with Gasteiger partial charge in [0, 0.05) is 0 Å². The number of ether oxygens (including phenoxy) is 2. The fourth-order valence-electron chi connectivity index (χ4n) is 0.204. The molecule has 0 atom stereocenters. The van der Waals surface area contributed by atoms with Gasteiger partial charge in [0.1, 0.15) is 13.5 Å². The zero-order valence-electron chi connectivity index (χ0n) is 4.40. The molecule has 2 nitrogen and oxygen atoms in total. The van der Waals surface area contributed by atoms with Gasteiger partial charge < -0.3 is 9.47 Å². The number of rotatable bonds is 5. The van der Waals surface area contributed by atoms with Gasteiger partial charge in [-0.1, -0.05) is 0 Å². The van der Waals surface area contributed by atoms with E-state index < -0.39 is 13.5 Å². The molecule has 0 aliphatic carbocycles. The van der Waals surface area contributed by atoms with Crippen LogP contribution in [-0.2, 0) is 9.47 Å². The molecule has 0 aromatic carbocycles. The maximum atomic E-state index is 11.1. The van der Waals surface area contributed by atoms with Crippen molar-refractivity contribution in [2.75, 3.05) is 26.9 Å². The van der Waals surface area contributed by atoms with E-state index in [1.165, 1.54) is 0 Å². The number of alkyl halides is 2. The Morgan fingerprint density at radius 2 is 1.88 bits per heavy atom. The first-order valence-electron chi connectivity index (χ1n) is 2.19. The number of hydrogen-bond donors (Lipinski definition) is 0. The topological polar surface area (TPSA) is 18.5 Å². The summed E-state index contributed by atoms with van der Waals surface area (Å²) >= 11 is 0. The molecule has 50 valence electrons. The summed E-state index contributed by atoms with van der Waals surface area (Å²) in [6, 6.07) is 0. The van der Waals surface area contributed by atoms with Gasteiger partial charge in [0.25, 0.3) is 0 Å². The lowest BCUT2D eigenvalue weighted by atomic mass is 10.8. The van der Waals surface area contributed by atoms with Crippen LogP contribution in [0.4, 0.5) is 8.78 Å². The Morgan fingerprint density at radius 1 is 1.12 bits per heavy atom. The molecule has 0 rings (SSSR count). The number of hydrogen-bond acceptors (Lipinski definition) is 2. The zero-order chi connectivity index (χ0) is 6.24. The van der Waals surface area contributed by atoms with E-state index in [2.05, 4.69) is 9.47 Å². The summed E-state index contributed by atoms with van der Waals surface area (Å²) < 4.78 is 30.6. The first kappa shape index (κ1) is 7.78. The van der Waals surface area contributed by atoms with E-state index in [0.29, 0.717) is 0 Å². The summed E-state index contributed by atoms with van der Waals surface area (Å²) in [7, 11) is 0. The fourth-order valence-corrected chi connectivity index (χ4v) is 0.204. The van der Waals surface area contributed by atoms with E-state index in [1.54, 1.807) is 0 Å². The zero-order valence-corrected chi connectivity index (χ0v) is 4.40. The van der Waals surface area contributed by atoms with Crippen LogP contribution in [0.5, 0.6) is 0 Å². The third kappa shape index (κ3) is 5.78. The molecule has 0 spiro atoms. The molecule has 0 bridgehead atoms.